The van der Waals surface area contributed by atoms with Crippen LogP contribution in [0.4, 0.5) is 0 Å². The molecule has 9 heteroatoms. The third-order valence-electron chi connectivity index (χ3n) is 8.79. The molecule has 4 rings (SSSR count). The fourth-order valence-corrected chi connectivity index (χ4v) is 6.73. The fourth-order valence-electron chi connectivity index (χ4n) is 6.73. The molecule has 1 radical (unpaired) electrons. The zero-order valence-electron chi connectivity index (χ0n) is 30.6. The first kappa shape index (κ1) is 41.0. The fraction of sp³-hybridized carbons (Fsp3) is 0.450. The maximum atomic E-state index is 12.6. The van der Waals surface area contributed by atoms with E-state index in [0.717, 1.165) is 93.4 Å². The Balaban J connectivity index is 0.00000158. The molecule has 0 aliphatic carbocycles. The standard InChI is InChI=1S/C37H42N6O.C3H6O.Co/c1-9-21-22(10-2)31(18-33-25(13-5)28(16-8)37(44)43-33)40-30(21)17-32-23(11-3)26(14-6)35(41-32)29(19-38)36-27(15-7)24(12-4)34(20-39)42-36;1-3(2)4;/h17-18H,9-16H2,1-8H3;1-2H3;/q-2;;+2/b30-17-,33-18-,35-29-;;. The maximum absolute atomic E-state index is 12.6. The Hall–Kier alpha value is -4.15. The van der Waals surface area contributed by atoms with Gasteiger partial charge in [-0.2, -0.15) is 15.5 Å². The van der Waals surface area contributed by atoms with Gasteiger partial charge in [-0.15, -0.1) is 5.69 Å². The number of nitriles is 2. The molecular formula is C40H48CoN6O2. The van der Waals surface area contributed by atoms with Crippen LogP contribution in [-0.4, -0.2) is 11.5 Å². The molecule has 1 aromatic heterocycles. The van der Waals surface area contributed by atoms with Gasteiger partial charge in [0, 0.05) is 41.6 Å². The molecule has 8 nitrogen and oxygen atoms in total. The van der Waals surface area contributed by atoms with Crippen LogP contribution in [0, 0.1) is 34.9 Å². The second-order valence-corrected chi connectivity index (χ2v) is 11.8. The summed E-state index contributed by atoms with van der Waals surface area (Å²) in [6, 6.07) is 5.45. The van der Waals surface area contributed by atoms with Crippen LogP contribution in [0.25, 0.3) is 16.2 Å². The molecule has 0 N–H and O–H groups in total. The van der Waals surface area contributed by atoms with Crippen molar-refractivity contribution in [3.63, 3.8) is 0 Å². The summed E-state index contributed by atoms with van der Waals surface area (Å²) in [6.45, 7) is 19.6. The molecule has 1 aromatic rings. The second-order valence-electron chi connectivity index (χ2n) is 11.8. The molecule has 0 unspecified atom stereocenters. The van der Waals surface area contributed by atoms with E-state index in [-0.39, 0.29) is 28.8 Å². The van der Waals surface area contributed by atoms with Gasteiger partial charge in [-0.1, -0.05) is 64.6 Å². The van der Waals surface area contributed by atoms with Crippen molar-refractivity contribution in [3.05, 3.63) is 108 Å². The minimum atomic E-state index is -0.140. The molecule has 3 aliphatic heterocycles. The van der Waals surface area contributed by atoms with Crippen molar-refractivity contribution in [1.82, 2.24) is 4.98 Å². The summed E-state index contributed by atoms with van der Waals surface area (Å²) in [4.78, 5) is 19.2. The van der Waals surface area contributed by atoms with E-state index in [1.807, 2.05) is 26.8 Å². The minimum Gasteiger partial charge on any atom is -0.746 e. The van der Waals surface area contributed by atoms with Crippen molar-refractivity contribution in [2.24, 2.45) is 4.99 Å². The number of rotatable bonds is 11. The maximum Gasteiger partial charge on any atom is 2.00 e. The molecule has 0 aromatic carbocycles. The van der Waals surface area contributed by atoms with Gasteiger partial charge in [0.15, 0.2) is 5.70 Å². The second kappa shape index (κ2) is 18.6. The van der Waals surface area contributed by atoms with Crippen molar-refractivity contribution < 1.29 is 26.7 Å². The molecular weight excluding hydrogens is 655 g/mol. The van der Waals surface area contributed by atoms with Crippen molar-refractivity contribution >= 4 is 17.1 Å². The Morgan fingerprint density at radius 2 is 1.37 bits per heavy atom. The van der Waals surface area contributed by atoms with E-state index >= 15 is 0 Å². The van der Waals surface area contributed by atoms with E-state index in [0.29, 0.717) is 48.3 Å². The van der Waals surface area contributed by atoms with Gasteiger partial charge in [0.25, 0.3) is 0 Å². The average molecular weight is 704 g/mol. The average Bonchev–Trinajstić information content (AvgIpc) is 3.79. The SMILES string of the molecule is CC(C)=O.CCC1=C(CC)/C(=C/[C+]2[N-]/C(=C(/C#N)c3[n-]c(C#N)c(CC)c3CC)C(CC)=C2CC)N=C1/C=C1\[N-][C+]([O-])C(CC)=C1CC.[Co+2]. The number of nitrogens with zero attached hydrogens (tertiary/aromatic N) is 6. The van der Waals surface area contributed by atoms with Gasteiger partial charge in [0.1, 0.15) is 5.78 Å². The molecule has 3 aliphatic rings. The molecule has 0 bridgehead atoms. The number of allylic oxidation sites excluding steroid dienone is 6. The van der Waals surface area contributed by atoms with Gasteiger partial charge in [0.05, 0.1) is 35.1 Å². The monoisotopic (exact) mass is 703 g/mol. The van der Waals surface area contributed by atoms with Gasteiger partial charge in [-0.3, -0.25) is 0 Å². The van der Waals surface area contributed by atoms with Crippen molar-refractivity contribution in [2.75, 3.05) is 0 Å². The molecule has 0 fully saturated rings. The van der Waals surface area contributed by atoms with Gasteiger partial charge in [-0.25, -0.2) is 0 Å². The molecule has 4 heterocycles. The smallest absolute Gasteiger partial charge is 0.746 e. The molecule has 0 spiro atoms. The van der Waals surface area contributed by atoms with Gasteiger partial charge in [0.2, 0.25) is 0 Å². The van der Waals surface area contributed by atoms with E-state index in [1.165, 1.54) is 13.8 Å². The van der Waals surface area contributed by atoms with Crippen LogP contribution < -0.4 is 10.1 Å². The zero-order chi connectivity index (χ0) is 35.7. The number of hydrogen-bond donors (Lipinski definition) is 0. The number of carbonyl (C=O) groups excluding carboxylic acids is 1. The van der Waals surface area contributed by atoms with Crippen LogP contribution in [0.2, 0.25) is 0 Å². The van der Waals surface area contributed by atoms with Crippen LogP contribution in [-0.2, 0) is 34.4 Å². The number of carbonyl (C=O) groups is 1. The predicted octanol–water partition coefficient (Wildman–Crippen LogP) is 9.20. The van der Waals surface area contributed by atoms with Crippen LogP contribution in [0.3, 0.4) is 0 Å². The summed E-state index contributed by atoms with van der Waals surface area (Å²) >= 11 is 0. The first-order valence-corrected chi connectivity index (χ1v) is 17.3. The van der Waals surface area contributed by atoms with E-state index in [4.69, 9.17) is 10.3 Å². The van der Waals surface area contributed by atoms with Crippen molar-refractivity contribution in [2.45, 2.75) is 121 Å². The normalized spacial score (nSPS) is 18.3. The Bertz CT molecular complexity index is 1730. The summed E-state index contributed by atoms with van der Waals surface area (Å²) in [5.74, 6) is 0.167. The molecule has 0 amide bonds. The van der Waals surface area contributed by atoms with E-state index in [9.17, 15) is 20.4 Å². The zero-order valence-corrected chi connectivity index (χ0v) is 31.7. The Morgan fingerprint density at radius 3 is 1.84 bits per heavy atom. The summed E-state index contributed by atoms with van der Waals surface area (Å²) in [5.41, 5.74) is 12.6. The molecule has 0 saturated carbocycles. The van der Waals surface area contributed by atoms with E-state index in [1.54, 1.807) is 0 Å². The summed E-state index contributed by atoms with van der Waals surface area (Å²) in [6.07, 6.45) is 9.75. The first-order valence-electron chi connectivity index (χ1n) is 17.3. The number of aromatic nitrogens is 1. The quantitative estimate of drug-likeness (QED) is 0.167. The van der Waals surface area contributed by atoms with Crippen molar-refractivity contribution in [1.29, 1.82) is 10.5 Å². The number of Topliss-reactive ketones (excluding diaryl/α,β-unsaturated/α-hetero) is 1. The Kier molecular flexibility index (Phi) is 15.5. The van der Waals surface area contributed by atoms with E-state index in [2.05, 4.69) is 63.1 Å². The summed E-state index contributed by atoms with van der Waals surface area (Å²) in [7, 11) is 0. The Morgan fingerprint density at radius 1 is 0.796 bits per heavy atom. The molecule has 259 valence electrons. The third-order valence-corrected chi connectivity index (χ3v) is 8.79. The van der Waals surface area contributed by atoms with Gasteiger partial charge >= 0.3 is 16.8 Å². The topological polar surface area (TPSA) is 142 Å². The summed E-state index contributed by atoms with van der Waals surface area (Å²) < 4.78 is 0. The minimum absolute atomic E-state index is 0. The van der Waals surface area contributed by atoms with Crippen LogP contribution in [0.1, 0.15) is 130 Å². The van der Waals surface area contributed by atoms with E-state index < -0.39 is 0 Å². The van der Waals surface area contributed by atoms with Crippen LogP contribution >= 0.6 is 0 Å². The third kappa shape index (κ3) is 8.36. The van der Waals surface area contributed by atoms with Crippen LogP contribution in [0.15, 0.2) is 67.7 Å². The molecule has 49 heavy (non-hydrogen) atoms. The first-order chi connectivity index (χ1) is 23.0. The number of ketones is 1. The molecule has 0 atom stereocenters. The van der Waals surface area contributed by atoms with Gasteiger partial charge in [-0.05, 0) is 88.9 Å². The Labute approximate surface area is 304 Å². The van der Waals surface area contributed by atoms with Gasteiger partial charge < -0.3 is 25.5 Å². The molecule has 0 saturated heterocycles. The predicted molar refractivity (Wildman–Crippen MR) is 192 cm³/mol. The largest absolute Gasteiger partial charge is 2.00 e. The van der Waals surface area contributed by atoms with Crippen molar-refractivity contribution in [3.8, 4) is 12.1 Å². The number of hydrogen-bond acceptors (Lipinski definition) is 5. The number of aliphatic imine (C=N–C) groups is 1. The summed E-state index contributed by atoms with van der Waals surface area (Å²) in [5, 5.41) is 42.2. The van der Waals surface area contributed by atoms with Crippen LogP contribution in [0.5, 0.6) is 0 Å².